The lowest BCUT2D eigenvalue weighted by Gasteiger charge is -2.09. The van der Waals surface area contributed by atoms with Gasteiger partial charge in [-0.05, 0) is 28.1 Å². The highest BCUT2D eigenvalue weighted by Gasteiger charge is 2.25. The van der Waals surface area contributed by atoms with Gasteiger partial charge < -0.3 is 9.84 Å². The van der Waals surface area contributed by atoms with E-state index in [-0.39, 0.29) is 16.7 Å². The summed E-state index contributed by atoms with van der Waals surface area (Å²) >= 11 is 9.08. The monoisotopic (exact) mass is 372 g/mol. The van der Waals surface area contributed by atoms with E-state index >= 15 is 0 Å². The van der Waals surface area contributed by atoms with E-state index in [4.69, 9.17) is 21.4 Å². The minimum absolute atomic E-state index is 0.0529. The number of rotatable bonds is 4. The summed E-state index contributed by atoms with van der Waals surface area (Å²) in [4.78, 5) is 25.2. The van der Waals surface area contributed by atoms with Crippen LogP contribution in [-0.4, -0.2) is 21.0 Å². The molecule has 1 heterocycles. The number of hydrogen-bond acceptors (Lipinski definition) is 5. The van der Waals surface area contributed by atoms with Crippen LogP contribution in [0.3, 0.4) is 0 Å². The van der Waals surface area contributed by atoms with Crippen molar-refractivity contribution in [3.63, 3.8) is 0 Å². The number of benzene rings is 1. The molecule has 108 valence electrons. The van der Waals surface area contributed by atoms with E-state index in [0.29, 0.717) is 4.47 Å². The van der Waals surface area contributed by atoms with Crippen LogP contribution in [0.5, 0.6) is 11.6 Å². The predicted octanol–water partition coefficient (Wildman–Crippen LogP) is 3.90. The maximum absolute atomic E-state index is 11.2. The number of pyridine rings is 1. The van der Waals surface area contributed by atoms with Gasteiger partial charge in [-0.1, -0.05) is 17.7 Å². The molecule has 0 amide bonds. The Bertz CT molecular complexity index is 738. The molecule has 21 heavy (non-hydrogen) atoms. The Labute approximate surface area is 131 Å². The van der Waals surface area contributed by atoms with Crippen molar-refractivity contribution < 1.29 is 19.6 Å². The van der Waals surface area contributed by atoms with Crippen molar-refractivity contribution in [2.75, 3.05) is 0 Å². The molecule has 1 aromatic heterocycles. The normalized spacial score (nSPS) is 10.2. The number of carbonyl (C=O) groups is 1. The summed E-state index contributed by atoms with van der Waals surface area (Å²) in [5.41, 5.74) is -1.14. The highest BCUT2D eigenvalue weighted by atomic mass is 79.9. The van der Waals surface area contributed by atoms with Crippen LogP contribution in [0.1, 0.15) is 10.4 Å². The van der Waals surface area contributed by atoms with E-state index in [9.17, 15) is 14.9 Å². The molecular formula is C12H6BrClN2O5. The summed E-state index contributed by atoms with van der Waals surface area (Å²) in [5.74, 6) is -1.75. The number of nitro groups is 1. The molecule has 0 radical (unpaired) electrons. The number of ether oxygens (including phenoxy) is 1. The largest absolute Gasteiger partial charge is 0.477 e. The van der Waals surface area contributed by atoms with Crippen LogP contribution < -0.4 is 4.74 Å². The third-order valence-corrected chi connectivity index (χ3v) is 3.10. The summed E-state index contributed by atoms with van der Waals surface area (Å²) in [7, 11) is 0. The Hall–Kier alpha value is -2.19. The summed E-state index contributed by atoms with van der Waals surface area (Å²) in [6.07, 6.45) is 1.40. The van der Waals surface area contributed by atoms with E-state index in [1.54, 1.807) is 0 Å². The maximum Gasteiger partial charge on any atom is 0.346 e. The van der Waals surface area contributed by atoms with Crippen LogP contribution in [0.15, 0.2) is 34.9 Å². The lowest BCUT2D eigenvalue weighted by molar-refractivity contribution is -0.385. The SMILES string of the molecule is O=C(O)c1c(Oc2ncc(Br)cc2Cl)cccc1[N+](=O)[O-]. The lowest BCUT2D eigenvalue weighted by atomic mass is 10.1. The Morgan fingerprint density at radius 3 is 2.76 bits per heavy atom. The van der Waals surface area contributed by atoms with Crippen molar-refractivity contribution in [1.82, 2.24) is 4.98 Å². The molecule has 0 unspecified atom stereocenters. The van der Waals surface area contributed by atoms with Crippen molar-refractivity contribution >= 4 is 39.2 Å². The molecule has 0 aliphatic heterocycles. The number of nitrogens with zero attached hydrogens (tertiary/aromatic N) is 2. The van der Waals surface area contributed by atoms with Crippen LogP contribution >= 0.6 is 27.5 Å². The van der Waals surface area contributed by atoms with Crippen molar-refractivity contribution in [2.24, 2.45) is 0 Å². The Morgan fingerprint density at radius 2 is 2.19 bits per heavy atom. The second-order valence-electron chi connectivity index (χ2n) is 3.76. The third-order valence-electron chi connectivity index (χ3n) is 2.40. The molecule has 0 aliphatic carbocycles. The van der Waals surface area contributed by atoms with Gasteiger partial charge in [0, 0.05) is 16.7 Å². The van der Waals surface area contributed by atoms with E-state index < -0.39 is 22.1 Å². The Balaban J connectivity index is 2.51. The fourth-order valence-corrected chi connectivity index (χ4v) is 2.22. The smallest absolute Gasteiger partial charge is 0.346 e. The molecule has 0 saturated heterocycles. The summed E-state index contributed by atoms with van der Waals surface area (Å²) in [6, 6.07) is 5.18. The number of carboxylic acids is 1. The van der Waals surface area contributed by atoms with Gasteiger partial charge in [0.1, 0.15) is 5.02 Å². The van der Waals surface area contributed by atoms with Gasteiger partial charge >= 0.3 is 5.97 Å². The molecule has 1 N–H and O–H groups in total. The minimum Gasteiger partial charge on any atom is -0.477 e. The first-order valence-corrected chi connectivity index (χ1v) is 6.57. The number of aromatic nitrogens is 1. The molecule has 0 saturated carbocycles. The molecule has 7 nitrogen and oxygen atoms in total. The van der Waals surface area contributed by atoms with Gasteiger partial charge in [0.2, 0.25) is 5.88 Å². The molecule has 0 fully saturated rings. The minimum atomic E-state index is -1.48. The Morgan fingerprint density at radius 1 is 1.48 bits per heavy atom. The first-order valence-electron chi connectivity index (χ1n) is 5.39. The third kappa shape index (κ3) is 3.29. The van der Waals surface area contributed by atoms with Crippen LogP contribution in [0, 0.1) is 10.1 Å². The summed E-state index contributed by atoms with van der Waals surface area (Å²) < 4.78 is 5.91. The molecule has 0 spiro atoms. The summed E-state index contributed by atoms with van der Waals surface area (Å²) in [6.45, 7) is 0. The van der Waals surface area contributed by atoms with Crippen LogP contribution in [-0.2, 0) is 0 Å². The zero-order chi connectivity index (χ0) is 15.6. The van der Waals surface area contributed by atoms with Crippen LogP contribution in [0.25, 0.3) is 0 Å². The van der Waals surface area contributed by atoms with Crippen molar-refractivity contribution in [3.8, 4) is 11.6 Å². The van der Waals surface area contributed by atoms with Crippen molar-refractivity contribution in [3.05, 3.63) is 55.6 Å². The molecule has 0 atom stereocenters. The molecule has 1 aromatic carbocycles. The Kier molecular flexibility index (Phi) is 4.39. The molecule has 0 bridgehead atoms. The number of carboxylic acid groups (broad SMARTS) is 1. The average Bonchev–Trinajstić information content (AvgIpc) is 2.41. The number of nitro benzene ring substituents is 1. The highest BCUT2D eigenvalue weighted by molar-refractivity contribution is 9.10. The average molecular weight is 374 g/mol. The van der Waals surface area contributed by atoms with Gasteiger partial charge in [-0.3, -0.25) is 10.1 Å². The second-order valence-corrected chi connectivity index (χ2v) is 5.08. The van der Waals surface area contributed by atoms with E-state index in [1.807, 2.05) is 0 Å². The molecular weight excluding hydrogens is 367 g/mol. The summed E-state index contributed by atoms with van der Waals surface area (Å²) in [5, 5.41) is 20.2. The van der Waals surface area contributed by atoms with E-state index in [1.165, 1.54) is 24.4 Å². The fraction of sp³-hybridized carbons (Fsp3) is 0. The van der Waals surface area contributed by atoms with Gasteiger partial charge in [-0.15, -0.1) is 0 Å². The highest BCUT2D eigenvalue weighted by Crippen LogP contribution is 2.34. The van der Waals surface area contributed by atoms with Gasteiger partial charge in [-0.25, -0.2) is 9.78 Å². The first-order chi connectivity index (χ1) is 9.90. The topological polar surface area (TPSA) is 103 Å². The van der Waals surface area contributed by atoms with Gasteiger partial charge in [0.05, 0.1) is 4.92 Å². The molecule has 9 heteroatoms. The standard InChI is InChI=1S/C12H6BrClN2O5/c13-6-4-7(14)11(15-5-6)21-9-3-1-2-8(16(19)20)10(9)12(17)18/h1-5H,(H,17,18). The van der Waals surface area contributed by atoms with Gasteiger partial charge in [-0.2, -0.15) is 0 Å². The number of aromatic carboxylic acids is 1. The lowest BCUT2D eigenvalue weighted by Crippen LogP contribution is -2.05. The number of hydrogen-bond donors (Lipinski definition) is 1. The zero-order valence-corrected chi connectivity index (χ0v) is 12.5. The van der Waals surface area contributed by atoms with Crippen LogP contribution in [0.2, 0.25) is 5.02 Å². The molecule has 2 rings (SSSR count). The molecule has 0 aliphatic rings. The van der Waals surface area contributed by atoms with Gasteiger partial charge in [0.25, 0.3) is 5.69 Å². The predicted molar refractivity (Wildman–Crippen MR) is 77.1 cm³/mol. The second kappa shape index (κ2) is 6.06. The van der Waals surface area contributed by atoms with Crippen molar-refractivity contribution in [1.29, 1.82) is 0 Å². The fourth-order valence-electron chi connectivity index (χ4n) is 1.55. The molecule has 2 aromatic rings. The van der Waals surface area contributed by atoms with Crippen LogP contribution in [0.4, 0.5) is 5.69 Å². The van der Waals surface area contributed by atoms with E-state index in [0.717, 1.165) is 6.07 Å². The zero-order valence-electron chi connectivity index (χ0n) is 10.1. The first kappa shape index (κ1) is 15.2. The maximum atomic E-state index is 11.2. The van der Waals surface area contributed by atoms with Gasteiger partial charge in [0.15, 0.2) is 11.3 Å². The van der Waals surface area contributed by atoms with E-state index in [2.05, 4.69) is 20.9 Å². The number of halogens is 2. The van der Waals surface area contributed by atoms with Crippen molar-refractivity contribution in [2.45, 2.75) is 0 Å². The quantitative estimate of drug-likeness (QED) is 0.644.